The van der Waals surface area contributed by atoms with Gasteiger partial charge in [0.1, 0.15) is 0 Å². The number of hydrogen-bond donors (Lipinski definition) is 0. The van der Waals surface area contributed by atoms with E-state index >= 15 is 0 Å². The molecule has 1 rings (SSSR count). The number of hydrogen-bond acceptors (Lipinski definition) is 2. The Hall–Kier alpha value is -0.600. The maximum Gasteiger partial charge on any atom is 0.0685 e. The average Bonchev–Trinajstić information content (AvgIpc) is 2.39. The summed E-state index contributed by atoms with van der Waals surface area (Å²) in [6.45, 7) is 2.14. The number of rotatable bonds is 3. The Bertz CT molecular complexity index is 196. The monoisotopic (exact) mass is 169 g/mol. The van der Waals surface area contributed by atoms with Crippen molar-refractivity contribution in [3.8, 4) is 0 Å². The van der Waals surface area contributed by atoms with Crippen molar-refractivity contribution >= 4 is 11.8 Å². The second-order valence-corrected chi connectivity index (χ2v) is 3.64. The highest BCUT2D eigenvalue weighted by Gasteiger charge is 2.20. The van der Waals surface area contributed by atoms with Crippen LogP contribution in [0.1, 0.15) is 19.8 Å². The summed E-state index contributed by atoms with van der Waals surface area (Å²) in [5.74, 6) is 0. The molecule has 3 nitrogen and oxygen atoms in total. The van der Waals surface area contributed by atoms with Crippen LogP contribution in [0.5, 0.6) is 0 Å². The number of nitrogens with zero attached hydrogens (tertiary/aromatic N) is 3. The molecule has 4 heteroatoms. The second-order valence-electron chi connectivity index (χ2n) is 2.49. The van der Waals surface area contributed by atoms with E-state index in [9.17, 15) is 0 Å². The zero-order valence-electron chi connectivity index (χ0n) is 6.47. The van der Waals surface area contributed by atoms with Gasteiger partial charge < -0.3 is 0 Å². The third-order valence-corrected chi connectivity index (χ3v) is 2.85. The van der Waals surface area contributed by atoms with E-state index in [1.165, 1.54) is 0 Å². The highest BCUT2D eigenvalue weighted by molar-refractivity contribution is 8.03. The summed E-state index contributed by atoms with van der Waals surface area (Å²) in [6, 6.07) is 0.0879. The quantitative estimate of drug-likeness (QED) is 0.364. The Labute approximate surface area is 70.5 Å². The Morgan fingerprint density at radius 3 is 3.18 bits per heavy atom. The standard InChI is InChI=1S/C7H11N3S/c1-2-3-7-6(9-10-8)4-5-11-7/h4-7H,2-3H2,1H3. The first-order valence-electron chi connectivity index (χ1n) is 3.74. The highest BCUT2D eigenvalue weighted by Crippen LogP contribution is 2.30. The van der Waals surface area contributed by atoms with Gasteiger partial charge in [0.15, 0.2) is 0 Å². The predicted molar refractivity (Wildman–Crippen MR) is 48.4 cm³/mol. The minimum Gasteiger partial charge on any atom is -0.130 e. The summed E-state index contributed by atoms with van der Waals surface area (Å²) in [5.41, 5.74) is 8.23. The van der Waals surface area contributed by atoms with Crippen molar-refractivity contribution in [1.29, 1.82) is 0 Å². The van der Waals surface area contributed by atoms with Gasteiger partial charge in [-0.05, 0) is 17.4 Å². The fourth-order valence-electron chi connectivity index (χ4n) is 1.13. The molecule has 0 aromatic heterocycles. The van der Waals surface area contributed by atoms with Gasteiger partial charge in [-0.15, -0.1) is 11.8 Å². The van der Waals surface area contributed by atoms with Crippen LogP contribution < -0.4 is 0 Å². The van der Waals surface area contributed by atoms with Crippen LogP contribution in [0.2, 0.25) is 0 Å². The molecule has 2 atom stereocenters. The number of thioether (sulfide) groups is 1. The zero-order valence-corrected chi connectivity index (χ0v) is 7.29. The molecule has 0 saturated carbocycles. The maximum atomic E-state index is 8.23. The van der Waals surface area contributed by atoms with Gasteiger partial charge in [-0.3, -0.25) is 0 Å². The molecular formula is C7H11N3S. The molecule has 0 aromatic carbocycles. The lowest BCUT2D eigenvalue weighted by Gasteiger charge is -2.11. The summed E-state index contributed by atoms with van der Waals surface area (Å²) in [6.07, 6.45) is 4.25. The summed E-state index contributed by atoms with van der Waals surface area (Å²) in [5, 5.41) is 6.21. The largest absolute Gasteiger partial charge is 0.130 e. The molecule has 60 valence electrons. The Morgan fingerprint density at radius 2 is 2.55 bits per heavy atom. The minimum absolute atomic E-state index is 0.0879. The Balaban J connectivity index is 2.48. The van der Waals surface area contributed by atoms with Crippen molar-refractivity contribution < 1.29 is 0 Å². The van der Waals surface area contributed by atoms with Crippen LogP contribution in [0.4, 0.5) is 0 Å². The van der Waals surface area contributed by atoms with Crippen LogP contribution >= 0.6 is 11.8 Å². The van der Waals surface area contributed by atoms with Crippen LogP contribution in [0.3, 0.4) is 0 Å². The SMILES string of the molecule is CCCC1SC=CC1N=[N+]=[N-]. The third-order valence-electron chi connectivity index (χ3n) is 1.67. The first-order valence-corrected chi connectivity index (χ1v) is 4.69. The van der Waals surface area contributed by atoms with Crippen molar-refractivity contribution in [2.45, 2.75) is 31.1 Å². The van der Waals surface area contributed by atoms with E-state index in [0.717, 1.165) is 12.8 Å². The molecule has 0 amide bonds. The van der Waals surface area contributed by atoms with Gasteiger partial charge in [-0.25, -0.2) is 0 Å². The molecule has 1 aliphatic heterocycles. The van der Waals surface area contributed by atoms with E-state index in [0.29, 0.717) is 5.25 Å². The van der Waals surface area contributed by atoms with E-state index in [-0.39, 0.29) is 6.04 Å². The normalized spacial score (nSPS) is 28.5. The van der Waals surface area contributed by atoms with Crippen LogP contribution in [-0.2, 0) is 0 Å². The lowest BCUT2D eigenvalue weighted by Crippen LogP contribution is -2.13. The Morgan fingerprint density at radius 1 is 1.73 bits per heavy atom. The van der Waals surface area contributed by atoms with Crippen LogP contribution in [0, 0.1) is 0 Å². The topological polar surface area (TPSA) is 48.8 Å². The fourth-order valence-corrected chi connectivity index (χ4v) is 2.26. The summed E-state index contributed by atoms with van der Waals surface area (Å²) in [7, 11) is 0. The first-order chi connectivity index (χ1) is 5.38. The zero-order chi connectivity index (χ0) is 8.10. The predicted octanol–water partition coefficient (Wildman–Crippen LogP) is 3.09. The summed E-state index contributed by atoms with van der Waals surface area (Å²) >= 11 is 1.77. The van der Waals surface area contributed by atoms with Crippen molar-refractivity contribution in [1.82, 2.24) is 0 Å². The van der Waals surface area contributed by atoms with Gasteiger partial charge in [0, 0.05) is 10.2 Å². The molecule has 0 fully saturated rings. The minimum atomic E-state index is 0.0879. The molecular weight excluding hydrogens is 158 g/mol. The summed E-state index contributed by atoms with van der Waals surface area (Å²) in [4.78, 5) is 2.81. The van der Waals surface area contributed by atoms with Gasteiger partial charge in [-0.2, -0.15) is 0 Å². The molecule has 0 radical (unpaired) electrons. The molecule has 1 heterocycles. The summed E-state index contributed by atoms with van der Waals surface area (Å²) < 4.78 is 0. The van der Waals surface area contributed by atoms with Crippen molar-refractivity contribution in [2.75, 3.05) is 0 Å². The van der Waals surface area contributed by atoms with Crippen molar-refractivity contribution in [3.05, 3.63) is 21.9 Å². The second kappa shape index (κ2) is 4.31. The van der Waals surface area contributed by atoms with E-state index in [1.807, 2.05) is 11.5 Å². The van der Waals surface area contributed by atoms with E-state index in [2.05, 4.69) is 16.9 Å². The van der Waals surface area contributed by atoms with Crippen LogP contribution in [-0.4, -0.2) is 11.3 Å². The molecule has 0 aliphatic carbocycles. The van der Waals surface area contributed by atoms with Gasteiger partial charge in [-0.1, -0.05) is 24.5 Å². The van der Waals surface area contributed by atoms with E-state index in [1.54, 1.807) is 11.8 Å². The van der Waals surface area contributed by atoms with Crippen LogP contribution in [0.25, 0.3) is 10.4 Å². The van der Waals surface area contributed by atoms with Crippen LogP contribution in [0.15, 0.2) is 16.6 Å². The van der Waals surface area contributed by atoms with Crippen molar-refractivity contribution in [3.63, 3.8) is 0 Å². The van der Waals surface area contributed by atoms with E-state index < -0.39 is 0 Å². The first kappa shape index (κ1) is 8.50. The molecule has 1 aliphatic rings. The lowest BCUT2D eigenvalue weighted by molar-refractivity contribution is 0.678. The van der Waals surface area contributed by atoms with Gasteiger partial charge in [0.2, 0.25) is 0 Å². The van der Waals surface area contributed by atoms with Gasteiger partial charge in [0.25, 0.3) is 0 Å². The smallest absolute Gasteiger partial charge is 0.0685 e. The van der Waals surface area contributed by atoms with Gasteiger partial charge in [0.05, 0.1) is 6.04 Å². The third kappa shape index (κ3) is 2.17. The molecule has 0 spiro atoms. The maximum absolute atomic E-state index is 8.23. The highest BCUT2D eigenvalue weighted by atomic mass is 32.2. The molecule has 0 saturated heterocycles. The number of azide groups is 1. The lowest BCUT2D eigenvalue weighted by atomic mass is 10.1. The molecule has 0 N–H and O–H groups in total. The molecule has 0 bridgehead atoms. The Kier molecular flexibility index (Phi) is 3.33. The molecule has 2 unspecified atom stereocenters. The fraction of sp³-hybridized carbons (Fsp3) is 0.714. The molecule has 0 aromatic rings. The van der Waals surface area contributed by atoms with Gasteiger partial charge >= 0.3 is 0 Å². The van der Waals surface area contributed by atoms with Crippen molar-refractivity contribution in [2.24, 2.45) is 5.11 Å². The molecule has 11 heavy (non-hydrogen) atoms. The van der Waals surface area contributed by atoms with E-state index in [4.69, 9.17) is 5.53 Å². The average molecular weight is 169 g/mol.